The Kier molecular flexibility index (Phi) is 16.5. The fraction of sp³-hybridized carbons (Fsp3) is 1.00. The molecule has 0 spiro atoms. The number of nitrogens with one attached hydrogen (secondary N) is 2. The van der Waals surface area contributed by atoms with Crippen molar-refractivity contribution in [3.05, 3.63) is 0 Å². The maximum Gasteiger partial charge on any atom is 0.0710 e. The molecule has 0 aromatic rings. The average molecular weight is 264 g/mol. The Labute approximate surface area is 110 Å². The van der Waals surface area contributed by atoms with Crippen molar-refractivity contribution in [1.29, 1.82) is 0 Å². The van der Waals surface area contributed by atoms with E-state index in [4.69, 9.17) is 10.1 Å². The van der Waals surface area contributed by atoms with Crippen LogP contribution in [0, 0.1) is 0 Å². The summed E-state index contributed by atoms with van der Waals surface area (Å²) in [5.41, 5.74) is 1.99. The van der Waals surface area contributed by atoms with Crippen molar-refractivity contribution in [2.75, 3.05) is 19.7 Å². The second-order valence-corrected chi connectivity index (χ2v) is 4.31. The Morgan fingerprint density at radius 2 is 1.56 bits per heavy atom. The molecule has 110 valence electrons. The van der Waals surface area contributed by atoms with E-state index in [1.165, 1.54) is 38.5 Å². The lowest BCUT2D eigenvalue weighted by molar-refractivity contribution is -0.543. The summed E-state index contributed by atoms with van der Waals surface area (Å²) in [5, 5.41) is 14.5. The zero-order chi connectivity index (χ0) is 13.3. The van der Waals surface area contributed by atoms with Crippen molar-refractivity contribution >= 4 is 0 Å². The molecule has 0 unspecified atom stereocenters. The summed E-state index contributed by atoms with van der Waals surface area (Å²) in [6.07, 6.45) is 9.72. The highest BCUT2D eigenvalue weighted by molar-refractivity contribution is 4.50. The zero-order valence-electron chi connectivity index (χ0n) is 11.5. The van der Waals surface area contributed by atoms with E-state index in [1.807, 2.05) is 5.64 Å². The van der Waals surface area contributed by atoms with E-state index in [0.717, 1.165) is 25.9 Å². The van der Waals surface area contributed by atoms with Gasteiger partial charge in [0, 0.05) is 0 Å². The number of rotatable bonds is 15. The molecule has 0 aromatic carbocycles. The van der Waals surface area contributed by atoms with Crippen molar-refractivity contribution in [3.63, 3.8) is 0 Å². The van der Waals surface area contributed by atoms with Crippen molar-refractivity contribution in [2.24, 2.45) is 0 Å². The maximum absolute atomic E-state index is 7.79. The number of hydrogen-bond acceptors (Lipinski definition) is 6. The van der Waals surface area contributed by atoms with Gasteiger partial charge in [-0.2, -0.15) is 0 Å². The van der Waals surface area contributed by atoms with Gasteiger partial charge in [-0.3, -0.25) is 4.84 Å². The van der Waals surface area contributed by atoms with E-state index in [0.29, 0.717) is 6.61 Å². The van der Waals surface area contributed by atoms with Crippen LogP contribution in [0.15, 0.2) is 0 Å². The standard InChI is InChI=1S/C12H28N2O4/c1-2-3-7-10-13-11-8-5-4-6-9-12-16-14-17-18-15/h13-15H,2-12H2,1H3. The molecule has 0 atom stereocenters. The molecule has 0 rings (SSSR count). The molecular formula is C12H28N2O4. The molecule has 3 N–H and O–H groups in total. The summed E-state index contributed by atoms with van der Waals surface area (Å²) >= 11 is 0. The van der Waals surface area contributed by atoms with Crippen molar-refractivity contribution in [3.8, 4) is 0 Å². The first-order valence-electron chi connectivity index (χ1n) is 6.96. The number of unbranched alkanes of at least 4 members (excludes halogenated alkanes) is 6. The molecule has 0 amide bonds. The lowest BCUT2D eigenvalue weighted by Gasteiger charge is -2.04. The predicted octanol–water partition coefficient (Wildman–Crippen LogP) is 2.57. The SMILES string of the molecule is CCCCCNCCCCCCCONOOO. The van der Waals surface area contributed by atoms with Crippen LogP contribution in [0.2, 0.25) is 0 Å². The first-order valence-corrected chi connectivity index (χ1v) is 6.96. The van der Waals surface area contributed by atoms with E-state index in [9.17, 15) is 0 Å². The van der Waals surface area contributed by atoms with Crippen LogP contribution in [0.3, 0.4) is 0 Å². The third kappa shape index (κ3) is 15.8. The molecule has 0 aliphatic carbocycles. The molecule has 0 bridgehead atoms. The van der Waals surface area contributed by atoms with Gasteiger partial charge in [-0.05, 0) is 43.0 Å². The summed E-state index contributed by atoms with van der Waals surface area (Å²) in [5.74, 6) is 0. The van der Waals surface area contributed by atoms with E-state index < -0.39 is 0 Å². The molecule has 0 saturated heterocycles. The first kappa shape index (κ1) is 17.8. The molecule has 18 heavy (non-hydrogen) atoms. The van der Waals surface area contributed by atoms with Crippen LogP contribution in [-0.2, 0) is 14.9 Å². The highest BCUT2D eigenvalue weighted by atomic mass is 17.5. The van der Waals surface area contributed by atoms with Gasteiger partial charge in [0.25, 0.3) is 0 Å². The van der Waals surface area contributed by atoms with Gasteiger partial charge in [-0.1, -0.05) is 44.0 Å². The largest absolute Gasteiger partial charge is 0.317 e. The monoisotopic (exact) mass is 264 g/mol. The van der Waals surface area contributed by atoms with Gasteiger partial charge in [0.1, 0.15) is 0 Å². The Hall–Kier alpha value is -0.240. The third-order valence-electron chi connectivity index (χ3n) is 2.69. The number of hydrogen-bond donors (Lipinski definition) is 3. The van der Waals surface area contributed by atoms with Gasteiger partial charge in [-0.25, -0.2) is 5.26 Å². The van der Waals surface area contributed by atoms with Gasteiger partial charge < -0.3 is 5.32 Å². The topological polar surface area (TPSA) is 72.0 Å². The molecule has 0 aromatic heterocycles. The molecule has 0 aliphatic rings. The molecule has 0 fully saturated rings. The smallest absolute Gasteiger partial charge is 0.0710 e. The Bertz CT molecular complexity index is 134. The van der Waals surface area contributed by atoms with Crippen LogP contribution < -0.4 is 11.0 Å². The van der Waals surface area contributed by atoms with Crippen LogP contribution in [0.4, 0.5) is 0 Å². The zero-order valence-corrected chi connectivity index (χ0v) is 11.5. The molecule has 0 saturated carbocycles. The molecule has 6 heteroatoms. The Morgan fingerprint density at radius 1 is 0.889 bits per heavy atom. The highest BCUT2D eigenvalue weighted by Crippen LogP contribution is 2.02. The summed E-state index contributed by atoms with van der Waals surface area (Å²) in [4.78, 5) is 8.70. The van der Waals surface area contributed by atoms with E-state index in [1.54, 1.807) is 0 Å². The quantitative estimate of drug-likeness (QED) is 0.240. The molecule has 0 aliphatic heterocycles. The maximum atomic E-state index is 7.79. The van der Waals surface area contributed by atoms with Gasteiger partial charge >= 0.3 is 0 Å². The second kappa shape index (κ2) is 16.8. The van der Waals surface area contributed by atoms with Crippen LogP contribution in [0.1, 0.15) is 58.3 Å². The molecule has 6 nitrogen and oxygen atoms in total. The molecule has 0 radical (unpaired) electrons. The van der Waals surface area contributed by atoms with E-state index in [-0.39, 0.29) is 0 Å². The molecular weight excluding hydrogens is 236 g/mol. The van der Waals surface area contributed by atoms with Crippen molar-refractivity contribution < 1.29 is 20.1 Å². The normalized spacial score (nSPS) is 11.0. The van der Waals surface area contributed by atoms with Gasteiger partial charge in [0.15, 0.2) is 0 Å². The lowest BCUT2D eigenvalue weighted by Crippen LogP contribution is -2.16. The lowest BCUT2D eigenvalue weighted by atomic mass is 10.1. The predicted molar refractivity (Wildman–Crippen MR) is 69.4 cm³/mol. The summed E-state index contributed by atoms with van der Waals surface area (Å²) in [7, 11) is 0. The van der Waals surface area contributed by atoms with Gasteiger partial charge in [0.05, 0.1) is 6.61 Å². The molecule has 0 heterocycles. The minimum absolute atomic E-state index is 0.540. The summed E-state index contributed by atoms with van der Waals surface area (Å²) in [6.45, 7) is 5.05. The van der Waals surface area contributed by atoms with E-state index in [2.05, 4.69) is 22.3 Å². The minimum Gasteiger partial charge on any atom is -0.317 e. The second-order valence-electron chi connectivity index (χ2n) is 4.31. The first-order chi connectivity index (χ1) is 8.91. The van der Waals surface area contributed by atoms with Crippen LogP contribution in [0.25, 0.3) is 0 Å². The van der Waals surface area contributed by atoms with Crippen LogP contribution in [-0.4, -0.2) is 25.0 Å². The average Bonchev–Trinajstić information content (AvgIpc) is 2.39. The van der Waals surface area contributed by atoms with E-state index >= 15 is 0 Å². The Morgan fingerprint density at radius 3 is 2.28 bits per heavy atom. The van der Waals surface area contributed by atoms with Crippen LogP contribution in [0.5, 0.6) is 0 Å². The van der Waals surface area contributed by atoms with Crippen molar-refractivity contribution in [2.45, 2.75) is 58.3 Å². The summed E-state index contributed by atoms with van der Waals surface area (Å²) in [6, 6.07) is 0. The third-order valence-corrected chi connectivity index (χ3v) is 2.69. The fourth-order valence-corrected chi connectivity index (χ4v) is 1.66. The Balaban J connectivity index is 2.86. The highest BCUT2D eigenvalue weighted by Gasteiger charge is 1.92. The van der Waals surface area contributed by atoms with Crippen molar-refractivity contribution in [1.82, 2.24) is 11.0 Å². The summed E-state index contributed by atoms with van der Waals surface area (Å²) < 4.78 is 0. The fourth-order valence-electron chi connectivity index (χ4n) is 1.66. The van der Waals surface area contributed by atoms with Crippen LogP contribution >= 0.6 is 0 Å². The van der Waals surface area contributed by atoms with Gasteiger partial charge in [0.2, 0.25) is 0 Å². The minimum atomic E-state index is 0.540. The van der Waals surface area contributed by atoms with Gasteiger partial charge in [-0.15, -0.1) is 0 Å².